The molecule has 0 aliphatic rings. The zero-order valence-electron chi connectivity index (χ0n) is 5.10. The van der Waals surface area contributed by atoms with Crippen LogP contribution in [0.15, 0.2) is 12.7 Å². The molecule has 0 atom stereocenters. The third-order valence-electron chi connectivity index (χ3n) is 0.920. The summed E-state index contributed by atoms with van der Waals surface area (Å²) in [5.74, 6) is 4.78. The highest BCUT2D eigenvalue weighted by atomic mass is 16.6. The lowest BCUT2D eigenvalue weighted by atomic mass is 10.2. The molecular formula is C6H13NO. The van der Waals surface area contributed by atoms with E-state index in [4.69, 9.17) is 5.90 Å². The molecule has 0 fully saturated rings. The zero-order valence-corrected chi connectivity index (χ0v) is 5.10. The predicted octanol–water partition coefficient (Wildman–Crippen LogP) is 1.23. The summed E-state index contributed by atoms with van der Waals surface area (Å²) in [6.07, 6.45) is 5.11. The van der Waals surface area contributed by atoms with Crippen LogP contribution < -0.4 is 5.90 Å². The SMILES string of the molecule is C=CCCCCON. The fourth-order valence-corrected chi connectivity index (χ4v) is 0.474. The Labute approximate surface area is 50.3 Å². The molecule has 0 aliphatic carbocycles. The van der Waals surface area contributed by atoms with E-state index in [0.29, 0.717) is 6.61 Å². The largest absolute Gasteiger partial charge is 0.305 e. The summed E-state index contributed by atoms with van der Waals surface area (Å²) < 4.78 is 0. The van der Waals surface area contributed by atoms with Crippen molar-refractivity contribution < 1.29 is 4.84 Å². The van der Waals surface area contributed by atoms with E-state index in [1.54, 1.807) is 0 Å². The molecule has 48 valence electrons. The summed E-state index contributed by atoms with van der Waals surface area (Å²) in [5, 5.41) is 0. The van der Waals surface area contributed by atoms with E-state index in [2.05, 4.69) is 11.4 Å². The molecule has 0 radical (unpaired) electrons. The monoisotopic (exact) mass is 115 g/mol. The van der Waals surface area contributed by atoms with Crippen LogP contribution in [0.2, 0.25) is 0 Å². The van der Waals surface area contributed by atoms with Gasteiger partial charge in [0.25, 0.3) is 0 Å². The Morgan fingerprint density at radius 2 is 2.25 bits per heavy atom. The van der Waals surface area contributed by atoms with Crippen molar-refractivity contribution in [2.45, 2.75) is 19.3 Å². The van der Waals surface area contributed by atoms with Crippen LogP contribution >= 0.6 is 0 Å². The average Bonchev–Trinajstić information content (AvgIpc) is 1.81. The fourth-order valence-electron chi connectivity index (χ4n) is 0.474. The summed E-state index contributed by atoms with van der Waals surface area (Å²) in [6, 6.07) is 0. The number of nitrogens with two attached hydrogens (primary N) is 1. The lowest BCUT2D eigenvalue weighted by molar-refractivity contribution is 0.134. The van der Waals surface area contributed by atoms with E-state index < -0.39 is 0 Å². The number of allylic oxidation sites excluding steroid dienone is 1. The van der Waals surface area contributed by atoms with E-state index in [0.717, 1.165) is 19.3 Å². The van der Waals surface area contributed by atoms with Crippen LogP contribution in [0.4, 0.5) is 0 Å². The van der Waals surface area contributed by atoms with Crippen LogP contribution in [0.3, 0.4) is 0 Å². The molecule has 2 nitrogen and oxygen atoms in total. The minimum absolute atomic E-state index is 0.661. The van der Waals surface area contributed by atoms with Gasteiger partial charge in [0.15, 0.2) is 0 Å². The molecule has 0 spiro atoms. The van der Waals surface area contributed by atoms with Gasteiger partial charge in [-0.2, -0.15) is 0 Å². The molecule has 0 saturated heterocycles. The van der Waals surface area contributed by atoms with Crippen molar-refractivity contribution in [1.82, 2.24) is 0 Å². The van der Waals surface area contributed by atoms with Crippen LogP contribution in [-0.4, -0.2) is 6.61 Å². The summed E-state index contributed by atoms with van der Waals surface area (Å²) in [7, 11) is 0. The lowest BCUT2D eigenvalue weighted by Crippen LogP contribution is -1.99. The Morgan fingerprint density at radius 1 is 1.50 bits per heavy atom. The summed E-state index contributed by atoms with van der Waals surface area (Å²) in [5.41, 5.74) is 0. The maximum Gasteiger partial charge on any atom is 0.0679 e. The third-order valence-corrected chi connectivity index (χ3v) is 0.920. The Kier molecular flexibility index (Phi) is 6.38. The minimum Gasteiger partial charge on any atom is -0.305 e. The molecule has 0 rings (SSSR count). The highest BCUT2D eigenvalue weighted by Crippen LogP contribution is 1.93. The van der Waals surface area contributed by atoms with E-state index in [-0.39, 0.29) is 0 Å². The summed E-state index contributed by atoms with van der Waals surface area (Å²) >= 11 is 0. The predicted molar refractivity (Wildman–Crippen MR) is 34.2 cm³/mol. The van der Waals surface area contributed by atoms with Crippen LogP contribution in [0.5, 0.6) is 0 Å². The van der Waals surface area contributed by atoms with Gasteiger partial charge in [-0.3, -0.25) is 0 Å². The topological polar surface area (TPSA) is 35.2 Å². The smallest absolute Gasteiger partial charge is 0.0679 e. The Balaban J connectivity index is 2.62. The summed E-state index contributed by atoms with van der Waals surface area (Å²) in [4.78, 5) is 4.35. The molecule has 0 amide bonds. The van der Waals surface area contributed by atoms with Gasteiger partial charge in [0.1, 0.15) is 0 Å². The Morgan fingerprint density at radius 3 is 2.75 bits per heavy atom. The van der Waals surface area contributed by atoms with Crippen LogP contribution in [0, 0.1) is 0 Å². The molecule has 0 aromatic heterocycles. The quantitative estimate of drug-likeness (QED) is 0.332. The first-order valence-corrected chi connectivity index (χ1v) is 2.84. The molecule has 0 aromatic carbocycles. The van der Waals surface area contributed by atoms with Gasteiger partial charge in [-0.25, -0.2) is 5.90 Å². The Bertz CT molecular complexity index is 54.5. The molecule has 2 heteroatoms. The second-order valence-electron chi connectivity index (χ2n) is 1.66. The molecule has 2 N–H and O–H groups in total. The molecule has 8 heavy (non-hydrogen) atoms. The standard InChI is InChI=1S/C6H13NO/c1-2-3-4-5-6-8-7/h2H,1,3-7H2. The van der Waals surface area contributed by atoms with Gasteiger partial charge in [-0.05, 0) is 19.3 Å². The maximum atomic E-state index is 4.78. The van der Waals surface area contributed by atoms with Crippen LogP contribution in [0.1, 0.15) is 19.3 Å². The molecule has 0 unspecified atom stereocenters. The van der Waals surface area contributed by atoms with Gasteiger partial charge in [0.05, 0.1) is 6.61 Å². The van der Waals surface area contributed by atoms with Gasteiger partial charge < -0.3 is 4.84 Å². The first-order chi connectivity index (χ1) is 3.91. The molecule has 0 heterocycles. The first-order valence-electron chi connectivity index (χ1n) is 2.84. The van der Waals surface area contributed by atoms with Crippen molar-refractivity contribution in [1.29, 1.82) is 0 Å². The highest BCUT2D eigenvalue weighted by Gasteiger charge is 1.82. The van der Waals surface area contributed by atoms with Crippen molar-refractivity contribution in [2.75, 3.05) is 6.61 Å². The normalized spacial score (nSPS) is 9.12. The third kappa shape index (κ3) is 5.66. The molecule has 0 bridgehead atoms. The Hall–Kier alpha value is -0.340. The van der Waals surface area contributed by atoms with Crippen LogP contribution in [0.25, 0.3) is 0 Å². The molecular weight excluding hydrogens is 102 g/mol. The van der Waals surface area contributed by atoms with Gasteiger partial charge in [-0.1, -0.05) is 6.08 Å². The summed E-state index contributed by atoms with van der Waals surface area (Å²) in [6.45, 7) is 4.25. The van der Waals surface area contributed by atoms with E-state index in [9.17, 15) is 0 Å². The van der Waals surface area contributed by atoms with Crippen molar-refractivity contribution in [3.63, 3.8) is 0 Å². The molecule has 0 saturated carbocycles. The number of rotatable bonds is 5. The van der Waals surface area contributed by atoms with Gasteiger partial charge in [0, 0.05) is 0 Å². The number of hydrogen-bond acceptors (Lipinski definition) is 2. The zero-order chi connectivity index (χ0) is 6.24. The van der Waals surface area contributed by atoms with Crippen molar-refractivity contribution in [2.24, 2.45) is 5.90 Å². The first kappa shape index (κ1) is 7.66. The molecule has 0 aromatic rings. The van der Waals surface area contributed by atoms with Crippen LogP contribution in [-0.2, 0) is 4.84 Å². The lowest BCUT2D eigenvalue weighted by Gasteiger charge is -1.93. The second kappa shape index (κ2) is 6.66. The van der Waals surface area contributed by atoms with E-state index in [1.165, 1.54) is 0 Å². The van der Waals surface area contributed by atoms with E-state index in [1.807, 2.05) is 6.08 Å². The number of hydrogen-bond donors (Lipinski definition) is 1. The van der Waals surface area contributed by atoms with Gasteiger partial charge in [0.2, 0.25) is 0 Å². The van der Waals surface area contributed by atoms with Gasteiger partial charge >= 0.3 is 0 Å². The van der Waals surface area contributed by atoms with Crippen molar-refractivity contribution in [3.8, 4) is 0 Å². The van der Waals surface area contributed by atoms with Gasteiger partial charge in [-0.15, -0.1) is 6.58 Å². The molecule has 0 aliphatic heterocycles. The number of unbranched alkanes of at least 4 members (excludes halogenated alkanes) is 2. The minimum atomic E-state index is 0.661. The van der Waals surface area contributed by atoms with Crippen molar-refractivity contribution >= 4 is 0 Å². The average molecular weight is 115 g/mol. The fraction of sp³-hybridized carbons (Fsp3) is 0.667. The van der Waals surface area contributed by atoms with E-state index >= 15 is 0 Å². The van der Waals surface area contributed by atoms with Crippen molar-refractivity contribution in [3.05, 3.63) is 12.7 Å². The highest BCUT2D eigenvalue weighted by molar-refractivity contribution is 4.64. The second-order valence-corrected chi connectivity index (χ2v) is 1.66. The maximum absolute atomic E-state index is 4.78.